The Morgan fingerprint density at radius 3 is 2.38 bits per heavy atom. The molecule has 0 aromatic heterocycles. The second-order valence-corrected chi connectivity index (χ2v) is 6.05. The molecule has 1 fully saturated rings. The molecule has 0 saturated heterocycles. The summed E-state index contributed by atoms with van der Waals surface area (Å²) in [7, 11) is 0. The molecule has 1 aliphatic carbocycles. The fourth-order valence-electron chi connectivity index (χ4n) is 3.15. The maximum Gasteiger partial charge on any atom is 0.0211 e. The molecule has 2 aromatic rings. The van der Waals surface area contributed by atoms with Gasteiger partial charge in [0.05, 0.1) is 0 Å². The van der Waals surface area contributed by atoms with E-state index in [4.69, 9.17) is 0 Å². The number of rotatable bonds is 6. The quantitative estimate of drug-likeness (QED) is 0.724. The minimum atomic E-state index is 0.776. The summed E-state index contributed by atoms with van der Waals surface area (Å²) in [5.41, 5.74) is 5.81. The first-order valence-electron chi connectivity index (χ1n) is 8.28. The largest absolute Gasteiger partial charge is 0.313 e. The first kappa shape index (κ1) is 14.3. The molecule has 0 bridgehead atoms. The molecule has 0 unspecified atom stereocenters. The van der Waals surface area contributed by atoms with Crippen LogP contribution in [0.2, 0.25) is 0 Å². The second kappa shape index (κ2) is 6.91. The summed E-state index contributed by atoms with van der Waals surface area (Å²) in [6.45, 7) is 4.26. The van der Waals surface area contributed by atoms with Gasteiger partial charge in [0.1, 0.15) is 0 Å². The molecule has 0 atom stereocenters. The summed E-state index contributed by atoms with van der Waals surface area (Å²) in [6.07, 6.45) is 5.28. The van der Waals surface area contributed by atoms with Gasteiger partial charge in [0.25, 0.3) is 0 Å². The van der Waals surface area contributed by atoms with Gasteiger partial charge in [-0.15, -0.1) is 0 Å². The van der Waals surface area contributed by atoms with E-state index >= 15 is 0 Å². The monoisotopic (exact) mass is 279 g/mol. The van der Waals surface area contributed by atoms with Crippen molar-refractivity contribution in [3.63, 3.8) is 0 Å². The Kier molecular flexibility index (Phi) is 4.72. The molecule has 0 spiro atoms. The predicted octanol–water partition coefficient (Wildman–Crippen LogP) is 5.12. The van der Waals surface area contributed by atoms with E-state index in [2.05, 4.69) is 60.8 Å². The van der Waals surface area contributed by atoms with E-state index < -0.39 is 0 Å². The van der Waals surface area contributed by atoms with Crippen molar-refractivity contribution < 1.29 is 0 Å². The second-order valence-electron chi connectivity index (χ2n) is 6.05. The first-order valence-corrected chi connectivity index (χ1v) is 8.28. The molecule has 1 nitrogen and oxygen atoms in total. The molecule has 1 saturated carbocycles. The molecule has 1 aliphatic rings. The van der Waals surface area contributed by atoms with Crippen LogP contribution < -0.4 is 5.32 Å². The van der Waals surface area contributed by atoms with Crippen molar-refractivity contribution in [2.24, 2.45) is 0 Å². The number of benzene rings is 2. The Morgan fingerprint density at radius 1 is 0.952 bits per heavy atom. The van der Waals surface area contributed by atoms with Gasteiger partial charge in [-0.2, -0.15) is 0 Å². The highest BCUT2D eigenvalue weighted by molar-refractivity contribution is 5.71. The van der Waals surface area contributed by atoms with E-state index in [1.807, 2.05) is 0 Å². The predicted molar refractivity (Wildman–Crippen MR) is 90.5 cm³/mol. The van der Waals surface area contributed by atoms with Gasteiger partial charge in [0, 0.05) is 6.54 Å². The molecule has 21 heavy (non-hydrogen) atoms. The van der Waals surface area contributed by atoms with Crippen molar-refractivity contribution in [2.75, 3.05) is 6.54 Å². The summed E-state index contributed by atoms with van der Waals surface area (Å²) < 4.78 is 0. The van der Waals surface area contributed by atoms with Crippen molar-refractivity contribution in [1.82, 2.24) is 5.32 Å². The summed E-state index contributed by atoms with van der Waals surface area (Å²) in [5.74, 6) is 0.776. The van der Waals surface area contributed by atoms with Crippen LogP contribution in [0.3, 0.4) is 0 Å². The maximum absolute atomic E-state index is 3.54. The van der Waals surface area contributed by atoms with Gasteiger partial charge >= 0.3 is 0 Å². The van der Waals surface area contributed by atoms with E-state index in [0.29, 0.717) is 0 Å². The minimum Gasteiger partial charge on any atom is -0.313 e. The molecule has 0 amide bonds. The van der Waals surface area contributed by atoms with E-state index in [0.717, 1.165) is 19.0 Å². The lowest BCUT2D eigenvalue weighted by Gasteiger charge is -2.28. The Balaban J connectivity index is 1.93. The van der Waals surface area contributed by atoms with Crippen LogP contribution in [-0.4, -0.2) is 6.54 Å². The Hall–Kier alpha value is -1.60. The highest BCUT2D eigenvalue weighted by Crippen LogP contribution is 2.41. The topological polar surface area (TPSA) is 12.0 Å². The van der Waals surface area contributed by atoms with E-state index in [1.165, 1.54) is 42.4 Å². The molecule has 110 valence electrons. The van der Waals surface area contributed by atoms with Crippen molar-refractivity contribution in [3.05, 3.63) is 59.7 Å². The average molecular weight is 279 g/mol. The lowest BCUT2D eigenvalue weighted by Crippen LogP contribution is -2.15. The van der Waals surface area contributed by atoms with Crippen LogP contribution in [0.5, 0.6) is 0 Å². The van der Waals surface area contributed by atoms with Crippen LogP contribution in [-0.2, 0) is 6.54 Å². The summed E-state index contributed by atoms with van der Waals surface area (Å²) in [5, 5.41) is 3.54. The molecule has 0 heterocycles. The van der Waals surface area contributed by atoms with Gasteiger partial charge in [0.15, 0.2) is 0 Å². The summed E-state index contributed by atoms with van der Waals surface area (Å²) in [4.78, 5) is 0. The van der Waals surface area contributed by atoms with E-state index in [-0.39, 0.29) is 0 Å². The normalized spacial score (nSPS) is 14.9. The first-order chi connectivity index (χ1) is 10.4. The van der Waals surface area contributed by atoms with Crippen LogP contribution in [0.1, 0.15) is 49.7 Å². The molecule has 2 aromatic carbocycles. The third-order valence-corrected chi connectivity index (χ3v) is 4.56. The Morgan fingerprint density at radius 2 is 1.67 bits per heavy atom. The van der Waals surface area contributed by atoms with Gasteiger partial charge in [0.2, 0.25) is 0 Å². The van der Waals surface area contributed by atoms with Gasteiger partial charge in [-0.1, -0.05) is 61.9 Å². The zero-order valence-electron chi connectivity index (χ0n) is 12.9. The molecule has 3 rings (SSSR count). The van der Waals surface area contributed by atoms with Crippen LogP contribution in [0.25, 0.3) is 11.1 Å². The number of nitrogens with one attached hydrogen (secondary N) is 1. The lowest BCUT2D eigenvalue weighted by atomic mass is 9.77. The molecule has 1 heteroatoms. The van der Waals surface area contributed by atoms with E-state index in [9.17, 15) is 0 Å². The number of hydrogen-bond donors (Lipinski definition) is 1. The van der Waals surface area contributed by atoms with Crippen molar-refractivity contribution in [3.8, 4) is 11.1 Å². The zero-order chi connectivity index (χ0) is 14.5. The fourth-order valence-corrected chi connectivity index (χ4v) is 3.15. The molecule has 1 N–H and O–H groups in total. The molecule has 0 radical (unpaired) electrons. The van der Waals surface area contributed by atoms with Crippen LogP contribution >= 0.6 is 0 Å². The average Bonchev–Trinajstić information content (AvgIpc) is 2.47. The van der Waals surface area contributed by atoms with Crippen molar-refractivity contribution in [2.45, 2.75) is 45.1 Å². The maximum atomic E-state index is 3.54. The van der Waals surface area contributed by atoms with Crippen LogP contribution in [0.15, 0.2) is 48.5 Å². The molecule has 0 aliphatic heterocycles. The SMILES string of the molecule is CCCNCc1ccccc1-c1ccccc1C1CCC1. The third kappa shape index (κ3) is 3.19. The van der Waals surface area contributed by atoms with Crippen LogP contribution in [0, 0.1) is 0 Å². The highest BCUT2D eigenvalue weighted by atomic mass is 14.8. The lowest BCUT2D eigenvalue weighted by molar-refractivity contribution is 0.420. The van der Waals surface area contributed by atoms with Gasteiger partial charge in [-0.05, 0) is 54.0 Å². The third-order valence-electron chi connectivity index (χ3n) is 4.56. The van der Waals surface area contributed by atoms with E-state index in [1.54, 1.807) is 5.56 Å². The molecular formula is C20H25N. The molecular weight excluding hydrogens is 254 g/mol. The van der Waals surface area contributed by atoms with Gasteiger partial charge in [-0.3, -0.25) is 0 Å². The Bertz CT molecular complexity index is 584. The van der Waals surface area contributed by atoms with Gasteiger partial charge in [-0.25, -0.2) is 0 Å². The highest BCUT2D eigenvalue weighted by Gasteiger charge is 2.22. The van der Waals surface area contributed by atoms with Gasteiger partial charge < -0.3 is 5.32 Å². The standard InChI is InChI=1S/C20H25N/c1-2-14-21-15-17-8-3-4-12-19(17)20-13-6-5-11-18(20)16-9-7-10-16/h3-6,8,11-13,16,21H,2,7,9-10,14-15H2,1H3. The fraction of sp³-hybridized carbons (Fsp3) is 0.400. The van der Waals surface area contributed by atoms with Crippen molar-refractivity contribution >= 4 is 0 Å². The number of hydrogen-bond acceptors (Lipinski definition) is 1. The summed E-state index contributed by atoms with van der Waals surface area (Å²) in [6, 6.07) is 17.8. The zero-order valence-corrected chi connectivity index (χ0v) is 12.9. The van der Waals surface area contributed by atoms with Crippen LogP contribution in [0.4, 0.5) is 0 Å². The summed E-state index contributed by atoms with van der Waals surface area (Å²) >= 11 is 0. The Labute approximate surface area is 128 Å². The smallest absolute Gasteiger partial charge is 0.0211 e. The minimum absolute atomic E-state index is 0.776. The van der Waals surface area contributed by atoms with Crippen molar-refractivity contribution in [1.29, 1.82) is 0 Å².